The highest BCUT2D eigenvalue weighted by molar-refractivity contribution is 8.00. The Morgan fingerprint density at radius 2 is 2.21 bits per heavy atom. The highest BCUT2D eigenvalue weighted by Crippen LogP contribution is 2.29. The minimum Gasteiger partial charge on any atom is -0.478 e. The van der Waals surface area contributed by atoms with Crippen LogP contribution in [0.4, 0.5) is 5.69 Å². The second-order valence-corrected chi connectivity index (χ2v) is 5.55. The largest absolute Gasteiger partial charge is 0.478 e. The Bertz CT molecular complexity index is 543. The number of hydrogen-bond acceptors (Lipinski definition) is 4. The van der Waals surface area contributed by atoms with E-state index in [9.17, 15) is 14.4 Å². The van der Waals surface area contributed by atoms with E-state index in [1.807, 2.05) is 6.92 Å². The SMILES string of the molecule is CCSC1CC(=O)N(c2cccc(C(=O)O)c2)C1=O. The number of anilines is 1. The Morgan fingerprint density at radius 1 is 1.47 bits per heavy atom. The van der Waals surface area contributed by atoms with Crippen LogP contribution in [0.15, 0.2) is 24.3 Å². The van der Waals surface area contributed by atoms with Gasteiger partial charge in [-0.25, -0.2) is 9.69 Å². The summed E-state index contributed by atoms with van der Waals surface area (Å²) in [7, 11) is 0. The van der Waals surface area contributed by atoms with E-state index in [1.165, 1.54) is 30.0 Å². The minimum atomic E-state index is -1.08. The molecular formula is C13H13NO4S. The van der Waals surface area contributed by atoms with Crippen LogP contribution in [-0.2, 0) is 9.59 Å². The van der Waals surface area contributed by atoms with Crippen LogP contribution in [0.3, 0.4) is 0 Å². The summed E-state index contributed by atoms with van der Waals surface area (Å²) in [4.78, 5) is 36.0. The molecule has 1 N–H and O–H groups in total. The number of benzene rings is 1. The molecule has 1 unspecified atom stereocenters. The van der Waals surface area contributed by atoms with Crippen LogP contribution in [0.5, 0.6) is 0 Å². The smallest absolute Gasteiger partial charge is 0.335 e. The minimum absolute atomic E-state index is 0.0599. The highest BCUT2D eigenvalue weighted by Gasteiger charge is 2.39. The van der Waals surface area contributed by atoms with Gasteiger partial charge in [-0.3, -0.25) is 9.59 Å². The number of rotatable bonds is 4. The van der Waals surface area contributed by atoms with Gasteiger partial charge in [0.05, 0.1) is 16.5 Å². The van der Waals surface area contributed by atoms with E-state index in [0.29, 0.717) is 5.69 Å². The third-order valence-corrected chi connectivity index (χ3v) is 3.93. The molecule has 2 amide bonds. The molecule has 1 aromatic carbocycles. The van der Waals surface area contributed by atoms with Crippen molar-refractivity contribution >= 4 is 35.2 Å². The van der Waals surface area contributed by atoms with Crippen molar-refractivity contribution in [2.75, 3.05) is 10.7 Å². The van der Waals surface area contributed by atoms with Crippen molar-refractivity contribution in [3.63, 3.8) is 0 Å². The first kappa shape index (κ1) is 13.6. The molecule has 6 heteroatoms. The number of thioether (sulfide) groups is 1. The Balaban J connectivity index is 2.31. The van der Waals surface area contributed by atoms with Crippen LogP contribution in [0.2, 0.25) is 0 Å². The van der Waals surface area contributed by atoms with E-state index >= 15 is 0 Å². The summed E-state index contributed by atoms with van der Waals surface area (Å²) in [6, 6.07) is 5.87. The molecule has 0 bridgehead atoms. The lowest BCUT2D eigenvalue weighted by Crippen LogP contribution is -2.31. The molecular weight excluding hydrogens is 266 g/mol. The molecule has 19 heavy (non-hydrogen) atoms. The summed E-state index contributed by atoms with van der Waals surface area (Å²) in [5, 5.41) is 8.57. The zero-order valence-electron chi connectivity index (χ0n) is 10.3. The maximum Gasteiger partial charge on any atom is 0.335 e. The van der Waals surface area contributed by atoms with Gasteiger partial charge in [-0.15, -0.1) is 11.8 Å². The van der Waals surface area contributed by atoms with Crippen LogP contribution >= 0.6 is 11.8 Å². The van der Waals surface area contributed by atoms with Crippen molar-refractivity contribution in [2.24, 2.45) is 0 Å². The number of amides is 2. The average Bonchev–Trinajstić information content (AvgIpc) is 2.65. The van der Waals surface area contributed by atoms with Crippen molar-refractivity contribution in [2.45, 2.75) is 18.6 Å². The fourth-order valence-electron chi connectivity index (χ4n) is 1.98. The zero-order valence-corrected chi connectivity index (χ0v) is 11.1. The summed E-state index contributed by atoms with van der Waals surface area (Å²) >= 11 is 1.43. The molecule has 1 aliphatic heterocycles. The number of imide groups is 1. The summed E-state index contributed by atoms with van der Waals surface area (Å²) in [5.74, 6) is -0.870. The lowest BCUT2D eigenvalue weighted by molar-refractivity contribution is -0.121. The topological polar surface area (TPSA) is 74.7 Å². The van der Waals surface area contributed by atoms with Gasteiger partial charge >= 0.3 is 5.97 Å². The van der Waals surface area contributed by atoms with E-state index in [0.717, 1.165) is 10.7 Å². The van der Waals surface area contributed by atoms with Crippen LogP contribution in [0, 0.1) is 0 Å². The van der Waals surface area contributed by atoms with Gasteiger partial charge in [0.1, 0.15) is 0 Å². The van der Waals surface area contributed by atoms with Crippen LogP contribution in [-0.4, -0.2) is 33.9 Å². The Hall–Kier alpha value is -1.82. The maximum atomic E-state index is 12.1. The lowest BCUT2D eigenvalue weighted by atomic mass is 10.2. The van der Waals surface area contributed by atoms with Gasteiger partial charge in [-0.2, -0.15) is 0 Å². The van der Waals surface area contributed by atoms with Crippen LogP contribution in [0.25, 0.3) is 0 Å². The predicted octanol–water partition coefficient (Wildman–Crippen LogP) is 1.77. The lowest BCUT2D eigenvalue weighted by Gasteiger charge is -2.15. The molecule has 1 atom stereocenters. The number of aromatic carboxylic acids is 1. The number of carbonyl (C=O) groups excluding carboxylic acids is 2. The first-order valence-corrected chi connectivity index (χ1v) is 6.91. The van der Waals surface area contributed by atoms with Gasteiger partial charge in [0.15, 0.2) is 0 Å². The standard InChI is InChI=1S/C13H13NO4S/c1-2-19-10-7-11(15)14(12(10)16)9-5-3-4-8(6-9)13(17)18/h3-6,10H,2,7H2,1H3,(H,17,18). The highest BCUT2D eigenvalue weighted by atomic mass is 32.2. The number of carboxylic acid groups (broad SMARTS) is 1. The fraction of sp³-hybridized carbons (Fsp3) is 0.308. The van der Waals surface area contributed by atoms with Gasteiger partial charge in [0, 0.05) is 6.42 Å². The predicted molar refractivity (Wildman–Crippen MR) is 72.4 cm³/mol. The Morgan fingerprint density at radius 3 is 2.84 bits per heavy atom. The second-order valence-electron chi connectivity index (χ2n) is 4.07. The average molecular weight is 279 g/mol. The monoisotopic (exact) mass is 279 g/mol. The van der Waals surface area contributed by atoms with Gasteiger partial charge in [0.2, 0.25) is 11.8 Å². The van der Waals surface area contributed by atoms with Crippen molar-refractivity contribution < 1.29 is 19.5 Å². The quantitative estimate of drug-likeness (QED) is 0.850. The molecule has 5 nitrogen and oxygen atoms in total. The third kappa shape index (κ3) is 2.63. The molecule has 0 aromatic heterocycles. The molecule has 0 radical (unpaired) electrons. The normalized spacial score (nSPS) is 19.0. The molecule has 1 saturated heterocycles. The number of carboxylic acids is 1. The summed E-state index contributed by atoms with van der Waals surface area (Å²) in [6.07, 6.45) is 0.175. The van der Waals surface area contributed by atoms with Gasteiger partial charge < -0.3 is 5.11 Å². The molecule has 0 saturated carbocycles. The number of carbonyl (C=O) groups is 3. The summed E-state index contributed by atoms with van der Waals surface area (Å²) in [6.45, 7) is 1.93. The molecule has 2 rings (SSSR count). The first-order valence-electron chi connectivity index (χ1n) is 5.86. The van der Waals surface area contributed by atoms with Crippen molar-refractivity contribution in [3.05, 3.63) is 29.8 Å². The van der Waals surface area contributed by atoms with Gasteiger partial charge in [-0.05, 0) is 24.0 Å². The second kappa shape index (κ2) is 5.44. The number of nitrogens with zero attached hydrogens (tertiary/aromatic N) is 1. The molecule has 0 spiro atoms. The Labute approximate surface area is 114 Å². The van der Waals surface area contributed by atoms with Gasteiger partial charge in [0.25, 0.3) is 0 Å². The van der Waals surface area contributed by atoms with E-state index in [-0.39, 0.29) is 29.0 Å². The van der Waals surface area contributed by atoms with E-state index < -0.39 is 5.97 Å². The van der Waals surface area contributed by atoms with Crippen molar-refractivity contribution in [1.82, 2.24) is 0 Å². The summed E-state index contributed by atoms with van der Waals surface area (Å²) < 4.78 is 0. The molecule has 100 valence electrons. The van der Waals surface area contributed by atoms with E-state index in [2.05, 4.69) is 0 Å². The van der Waals surface area contributed by atoms with Crippen LogP contribution in [0.1, 0.15) is 23.7 Å². The van der Waals surface area contributed by atoms with Crippen LogP contribution < -0.4 is 4.90 Å². The van der Waals surface area contributed by atoms with E-state index in [1.54, 1.807) is 6.07 Å². The van der Waals surface area contributed by atoms with Crippen molar-refractivity contribution in [3.8, 4) is 0 Å². The van der Waals surface area contributed by atoms with Crippen molar-refractivity contribution in [1.29, 1.82) is 0 Å². The zero-order chi connectivity index (χ0) is 14.0. The Kier molecular flexibility index (Phi) is 3.90. The summed E-state index contributed by atoms with van der Waals surface area (Å²) in [5.41, 5.74) is 0.388. The molecule has 1 aromatic rings. The molecule has 0 aliphatic carbocycles. The van der Waals surface area contributed by atoms with E-state index in [4.69, 9.17) is 5.11 Å². The fourth-order valence-corrected chi connectivity index (χ4v) is 2.90. The number of hydrogen-bond donors (Lipinski definition) is 1. The maximum absolute atomic E-state index is 12.1. The molecule has 1 aliphatic rings. The molecule has 1 fully saturated rings. The van der Waals surface area contributed by atoms with Gasteiger partial charge in [-0.1, -0.05) is 13.0 Å². The molecule has 1 heterocycles. The first-order chi connectivity index (χ1) is 9.04. The third-order valence-electron chi connectivity index (χ3n) is 2.82.